The smallest absolute Gasteiger partial charge is 0.167 e. The zero-order valence-corrected chi connectivity index (χ0v) is 12.1. The Morgan fingerprint density at radius 3 is 2.48 bits per heavy atom. The lowest BCUT2D eigenvalue weighted by Crippen LogP contribution is -2.32. The van der Waals surface area contributed by atoms with Gasteiger partial charge in [-0.15, -0.1) is 0 Å². The van der Waals surface area contributed by atoms with Crippen LogP contribution in [0.2, 0.25) is 0 Å². The highest BCUT2D eigenvalue weighted by atomic mass is 19.1. The van der Waals surface area contributed by atoms with Gasteiger partial charge < -0.3 is 10.5 Å². The van der Waals surface area contributed by atoms with Crippen molar-refractivity contribution < 1.29 is 13.5 Å². The third-order valence-corrected chi connectivity index (χ3v) is 3.48. The van der Waals surface area contributed by atoms with Crippen molar-refractivity contribution in [1.82, 2.24) is 0 Å². The van der Waals surface area contributed by atoms with Crippen LogP contribution in [0.1, 0.15) is 30.6 Å². The molecule has 0 saturated heterocycles. The zero-order valence-electron chi connectivity index (χ0n) is 12.1. The average Bonchev–Trinajstić information content (AvgIpc) is 2.49. The molecule has 21 heavy (non-hydrogen) atoms. The van der Waals surface area contributed by atoms with E-state index in [1.165, 1.54) is 12.1 Å². The minimum atomic E-state index is -0.729. The molecular weight excluding hydrogens is 272 g/mol. The minimum absolute atomic E-state index is 0.0900. The first-order valence-corrected chi connectivity index (χ1v) is 6.96. The van der Waals surface area contributed by atoms with Crippen LogP contribution in [0.15, 0.2) is 42.5 Å². The molecule has 2 rings (SSSR count). The fraction of sp³-hybridized carbons (Fsp3) is 0.294. The molecule has 0 bridgehead atoms. The van der Waals surface area contributed by atoms with Crippen LogP contribution in [0.3, 0.4) is 0 Å². The number of aryl methyl sites for hydroxylation is 1. The van der Waals surface area contributed by atoms with Gasteiger partial charge in [-0.2, -0.15) is 0 Å². The van der Waals surface area contributed by atoms with Crippen molar-refractivity contribution in [1.29, 1.82) is 0 Å². The van der Waals surface area contributed by atoms with Crippen LogP contribution in [0.5, 0.6) is 5.75 Å². The predicted octanol–water partition coefficient (Wildman–Crippen LogP) is 4.13. The lowest BCUT2D eigenvalue weighted by Gasteiger charge is -2.25. The lowest BCUT2D eigenvalue weighted by atomic mass is 10.00. The number of hydrogen-bond donors (Lipinski definition) is 1. The Hall–Kier alpha value is -1.94. The SMILES string of the molecule is CCC(N)C(Oc1cccc(C)c1F)c1ccccc1F. The molecule has 2 aromatic rings. The van der Waals surface area contributed by atoms with E-state index in [1.54, 1.807) is 37.3 Å². The van der Waals surface area contributed by atoms with Crippen molar-refractivity contribution in [3.63, 3.8) is 0 Å². The van der Waals surface area contributed by atoms with Gasteiger partial charge >= 0.3 is 0 Å². The molecular formula is C17H19F2NO. The fourth-order valence-electron chi connectivity index (χ4n) is 2.15. The highest BCUT2D eigenvalue weighted by molar-refractivity contribution is 5.32. The first-order chi connectivity index (χ1) is 10.0. The van der Waals surface area contributed by atoms with Crippen LogP contribution in [0.4, 0.5) is 8.78 Å². The Morgan fingerprint density at radius 1 is 1.10 bits per heavy atom. The summed E-state index contributed by atoms with van der Waals surface area (Å²) in [5.74, 6) is -0.756. The molecule has 0 heterocycles. The van der Waals surface area contributed by atoms with Gasteiger partial charge in [0, 0.05) is 11.6 Å². The second kappa shape index (κ2) is 6.68. The van der Waals surface area contributed by atoms with Crippen molar-refractivity contribution >= 4 is 0 Å². The van der Waals surface area contributed by atoms with E-state index >= 15 is 0 Å². The summed E-state index contributed by atoms with van der Waals surface area (Å²) < 4.78 is 33.8. The van der Waals surface area contributed by atoms with Gasteiger partial charge in [0.05, 0.1) is 0 Å². The molecule has 0 fully saturated rings. The van der Waals surface area contributed by atoms with E-state index < -0.39 is 23.8 Å². The van der Waals surface area contributed by atoms with Gasteiger partial charge in [-0.25, -0.2) is 8.78 Å². The molecule has 4 heteroatoms. The highest BCUT2D eigenvalue weighted by Gasteiger charge is 2.24. The third-order valence-electron chi connectivity index (χ3n) is 3.48. The summed E-state index contributed by atoms with van der Waals surface area (Å²) >= 11 is 0. The molecule has 0 radical (unpaired) electrons. The summed E-state index contributed by atoms with van der Waals surface area (Å²) in [6, 6.07) is 10.7. The molecule has 0 spiro atoms. The lowest BCUT2D eigenvalue weighted by molar-refractivity contribution is 0.159. The van der Waals surface area contributed by atoms with Crippen molar-refractivity contribution in [2.45, 2.75) is 32.4 Å². The molecule has 0 saturated carbocycles. The molecule has 2 aromatic carbocycles. The van der Waals surface area contributed by atoms with Crippen molar-refractivity contribution in [2.24, 2.45) is 5.73 Å². The Kier molecular flexibility index (Phi) is 4.91. The van der Waals surface area contributed by atoms with E-state index in [1.807, 2.05) is 6.92 Å². The van der Waals surface area contributed by atoms with E-state index in [9.17, 15) is 8.78 Å². The van der Waals surface area contributed by atoms with Crippen LogP contribution in [0, 0.1) is 18.6 Å². The zero-order chi connectivity index (χ0) is 15.4. The van der Waals surface area contributed by atoms with Gasteiger partial charge in [-0.05, 0) is 31.0 Å². The van der Waals surface area contributed by atoms with Crippen molar-refractivity contribution in [3.05, 3.63) is 65.2 Å². The molecule has 2 atom stereocenters. The number of halogens is 2. The summed E-state index contributed by atoms with van der Waals surface area (Å²) in [6.45, 7) is 3.54. The Labute approximate surface area is 123 Å². The van der Waals surface area contributed by atoms with Gasteiger partial charge in [0.15, 0.2) is 11.6 Å². The molecule has 112 valence electrons. The maximum absolute atomic E-state index is 14.1. The number of rotatable bonds is 5. The Morgan fingerprint density at radius 2 is 1.81 bits per heavy atom. The number of nitrogens with two attached hydrogens (primary N) is 1. The minimum Gasteiger partial charge on any atom is -0.481 e. The first kappa shape index (κ1) is 15.4. The Bertz CT molecular complexity index is 615. The third kappa shape index (κ3) is 3.39. The quantitative estimate of drug-likeness (QED) is 0.899. The largest absolute Gasteiger partial charge is 0.481 e. The number of ether oxygens (including phenoxy) is 1. The van der Waals surface area contributed by atoms with E-state index in [0.717, 1.165) is 0 Å². The van der Waals surface area contributed by atoms with Gasteiger partial charge in [-0.1, -0.05) is 37.3 Å². The van der Waals surface area contributed by atoms with E-state index in [4.69, 9.17) is 10.5 Å². The van der Waals surface area contributed by atoms with E-state index in [0.29, 0.717) is 17.5 Å². The first-order valence-electron chi connectivity index (χ1n) is 6.96. The summed E-state index contributed by atoms with van der Waals surface area (Å²) in [7, 11) is 0. The Balaban J connectivity index is 2.38. The maximum atomic E-state index is 14.1. The van der Waals surface area contributed by atoms with Crippen molar-refractivity contribution in [2.75, 3.05) is 0 Å². The molecule has 2 nitrogen and oxygen atoms in total. The maximum Gasteiger partial charge on any atom is 0.167 e. The van der Waals surface area contributed by atoms with Crippen LogP contribution in [0.25, 0.3) is 0 Å². The van der Waals surface area contributed by atoms with Gasteiger partial charge in [0.25, 0.3) is 0 Å². The molecule has 0 aromatic heterocycles. The molecule has 0 aliphatic carbocycles. The van der Waals surface area contributed by atoms with Gasteiger partial charge in [-0.3, -0.25) is 0 Å². The second-order valence-corrected chi connectivity index (χ2v) is 5.02. The van der Waals surface area contributed by atoms with E-state index in [2.05, 4.69) is 0 Å². The van der Waals surface area contributed by atoms with Crippen LogP contribution >= 0.6 is 0 Å². The summed E-state index contributed by atoms with van der Waals surface area (Å²) in [5, 5.41) is 0. The van der Waals surface area contributed by atoms with E-state index in [-0.39, 0.29) is 5.75 Å². The molecule has 2 unspecified atom stereocenters. The average molecular weight is 291 g/mol. The predicted molar refractivity (Wildman–Crippen MR) is 79.2 cm³/mol. The molecule has 0 amide bonds. The fourth-order valence-corrected chi connectivity index (χ4v) is 2.15. The highest BCUT2D eigenvalue weighted by Crippen LogP contribution is 2.29. The van der Waals surface area contributed by atoms with Crippen molar-refractivity contribution in [3.8, 4) is 5.75 Å². The topological polar surface area (TPSA) is 35.2 Å². The summed E-state index contributed by atoms with van der Waals surface area (Å²) in [4.78, 5) is 0. The van der Waals surface area contributed by atoms with Crippen LogP contribution < -0.4 is 10.5 Å². The second-order valence-electron chi connectivity index (χ2n) is 5.02. The van der Waals surface area contributed by atoms with Crippen LogP contribution in [-0.2, 0) is 0 Å². The monoisotopic (exact) mass is 291 g/mol. The molecule has 2 N–H and O–H groups in total. The number of benzene rings is 2. The molecule has 0 aliphatic rings. The van der Waals surface area contributed by atoms with Gasteiger partial charge in [0.1, 0.15) is 11.9 Å². The standard InChI is InChI=1S/C17H19F2NO/c1-3-14(20)17(12-8-4-5-9-13(12)18)21-15-10-6-7-11(2)16(15)19/h4-10,14,17H,3,20H2,1-2H3. The summed E-state index contributed by atoms with van der Waals surface area (Å²) in [6.07, 6.45) is -0.139. The number of hydrogen-bond acceptors (Lipinski definition) is 2. The summed E-state index contributed by atoms with van der Waals surface area (Å²) in [5.41, 5.74) is 6.86. The van der Waals surface area contributed by atoms with Gasteiger partial charge in [0.2, 0.25) is 0 Å². The molecule has 0 aliphatic heterocycles. The normalized spacial score (nSPS) is 13.8. The van der Waals surface area contributed by atoms with Crippen LogP contribution in [-0.4, -0.2) is 6.04 Å².